The van der Waals surface area contributed by atoms with Crippen molar-refractivity contribution in [2.75, 3.05) is 0 Å². The second kappa shape index (κ2) is 4.03. The number of aromatic nitrogens is 2. The van der Waals surface area contributed by atoms with E-state index in [9.17, 15) is 10.1 Å². The van der Waals surface area contributed by atoms with Crippen molar-refractivity contribution in [1.29, 1.82) is 0 Å². The highest BCUT2D eigenvalue weighted by Crippen LogP contribution is 2.22. The number of fused-ring (bicyclic) bond motifs is 3. The predicted octanol–water partition coefficient (Wildman–Crippen LogP) is 2.56. The number of nitrogens with zero attached hydrogens (tertiary/aromatic N) is 3. The minimum atomic E-state index is -0.402. The predicted molar refractivity (Wildman–Crippen MR) is 67.7 cm³/mol. The molecule has 18 heavy (non-hydrogen) atoms. The van der Waals surface area contributed by atoms with Gasteiger partial charge in [-0.3, -0.25) is 15.1 Å². The molecule has 5 heteroatoms. The summed E-state index contributed by atoms with van der Waals surface area (Å²) in [7, 11) is 0. The molecule has 0 radical (unpaired) electrons. The number of benzene rings is 2. The van der Waals surface area contributed by atoms with Gasteiger partial charge in [-0.05, 0) is 11.5 Å². The van der Waals surface area contributed by atoms with Gasteiger partial charge in [0.25, 0.3) is 0 Å². The molecule has 3 rings (SSSR count). The number of hydrogen-bond acceptors (Lipinski definition) is 4. The lowest BCUT2D eigenvalue weighted by Gasteiger charge is -2.03. The molecule has 1 heterocycles. The van der Waals surface area contributed by atoms with Gasteiger partial charge < -0.3 is 0 Å². The second-order valence-electron chi connectivity index (χ2n) is 4.01. The van der Waals surface area contributed by atoms with E-state index in [1.807, 2.05) is 36.4 Å². The Morgan fingerprint density at radius 1 is 1.17 bits per heavy atom. The molecule has 0 bridgehead atoms. The van der Waals surface area contributed by atoms with E-state index in [0.717, 1.165) is 16.3 Å². The minimum absolute atomic E-state index is 0.299. The van der Waals surface area contributed by atoms with Crippen molar-refractivity contribution < 1.29 is 4.92 Å². The Hall–Kier alpha value is -2.56. The number of rotatable bonds is 2. The molecular weight excluding hydrogens is 230 g/mol. The van der Waals surface area contributed by atoms with Crippen molar-refractivity contribution in [2.24, 2.45) is 0 Å². The van der Waals surface area contributed by atoms with Gasteiger partial charge in [0.15, 0.2) is 0 Å². The van der Waals surface area contributed by atoms with Crippen LogP contribution in [0.2, 0.25) is 0 Å². The van der Waals surface area contributed by atoms with Gasteiger partial charge in [-0.2, -0.15) is 0 Å². The first-order valence-corrected chi connectivity index (χ1v) is 5.49. The van der Waals surface area contributed by atoms with E-state index in [1.54, 1.807) is 0 Å². The van der Waals surface area contributed by atoms with Crippen LogP contribution >= 0.6 is 0 Å². The third kappa shape index (κ3) is 1.75. The summed E-state index contributed by atoms with van der Waals surface area (Å²) in [6, 6.07) is 11.6. The maximum absolute atomic E-state index is 10.5. The van der Waals surface area contributed by atoms with Gasteiger partial charge >= 0.3 is 0 Å². The lowest BCUT2D eigenvalue weighted by Crippen LogP contribution is -2.01. The first-order valence-electron chi connectivity index (χ1n) is 5.49. The van der Waals surface area contributed by atoms with Crippen LogP contribution in [0.4, 0.5) is 0 Å². The fourth-order valence-corrected chi connectivity index (χ4v) is 1.99. The van der Waals surface area contributed by atoms with Crippen LogP contribution in [0, 0.1) is 10.1 Å². The van der Waals surface area contributed by atoms with Gasteiger partial charge in [0.1, 0.15) is 5.69 Å². The SMILES string of the molecule is O=[N+]([O-])Cc1cnc2ccc3ccccc3c2n1. The Balaban J connectivity index is 2.29. The molecule has 5 nitrogen and oxygen atoms in total. The van der Waals surface area contributed by atoms with E-state index in [1.165, 1.54) is 6.20 Å². The number of nitro groups is 1. The zero-order valence-corrected chi connectivity index (χ0v) is 9.41. The third-order valence-electron chi connectivity index (χ3n) is 2.78. The van der Waals surface area contributed by atoms with Crippen molar-refractivity contribution >= 4 is 21.8 Å². The highest BCUT2D eigenvalue weighted by molar-refractivity contribution is 6.03. The normalized spacial score (nSPS) is 10.9. The van der Waals surface area contributed by atoms with Crippen molar-refractivity contribution in [3.05, 3.63) is 58.4 Å². The Kier molecular flexibility index (Phi) is 2.37. The van der Waals surface area contributed by atoms with Gasteiger partial charge in [-0.25, -0.2) is 4.98 Å². The maximum Gasteiger partial charge on any atom is 0.247 e. The molecule has 0 saturated heterocycles. The first kappa shape index (κ1) is 10.6. The molecule has 2 aromatic carbocycles. The minimum Gasteiger partial charge on any atom is -0.264 e. The monoisotopic (exact) mass is 239 g/mol. The largest absolute Gasteiger partial charge is 0.264 e. The van der Waals surface area contributed by atoms with E-state index in [2.05, 4.69) is 9.97 Å². The molecular formula is C13H9N3O2. The number of hydrogen-bond donors (Lipinski definition) is 0. The van der Waals surface area contributed by atoms with Gasteiger partial charge in [0.05, 0.1) is 17.2 Å². The quantitative estimate of drug-likeness (QED) is 0.391. The summed E-state index contributed by atoms with van der Waals surface area (Å²) in [6.45, 7) is -0.299. The molecule has 0 saturated carbocycles. The van der Waals surface area contributed by atoms with Crippen LogP contribution in [0.25, 0.3) is 21.8 Å². The van der Waals surface area contributed by atoms with Crippen LogP contribution in [0.1, 0.15) is 5.69 Å². The molecule has 0 aliphatic rings. The lowest BCUT2D eigenvalue weighted by atomic mass is 10.1. The van der Waals surface area contributed by atoms with Crippen molar-refractivity contribution in [3.8, 4) is 0 Å². The molecule has 0 N–H and O–H groups in total. The van der Waals surface area contributed by atoms with Gasteiger partial charge in [-0.1, -0.05) is 30.3 Å². The Morgan fingerprint density at radius 3 is 2.83 bits per heavy atom. The Morgan fingerprint density at radius 2 is 2.00 bits per heavy atom. The van der Waals surface area contributed by atoms with Crippen LogP contribution in [0.15, 0.2) is 42.6 Å². The van der Waals surface area contributed by atoms with E-state index >= 15 is 0 Å². The highest BCUT2D eigenvalue weighted by atomic mass is 16.6. The first-order chi connectivity index (χ1) is 8.74. The summed E-state index contributed by atoms with van der Waals surface area (Å²) in [6.07, 6.45) is 1.46. The van der Waals surface area contributed by atoms with Crippen molar-refractivity contribution in [3.63, 3.8) is 0 Å². The summed E-state index contributed by atoms with van der Waals surface area (Å²) >= 11 is 0. The van der Waals surface area contributed by atoms with Crippen LogP contribution in [0.3, 0.4) is 0 Å². The summed E-state index contributed by atoms with van der Waals surface area (Å²) in [5, 5.41) is 12.5. The molecule has 1 aromatic heterocycles. The van der Waals surface area contributed by atoms with Crippen molar-refractivity contribution in [2.45, 2.75) is 6.54 Å². The standard InChI is InChI=1S/C13H9N3O2/c17-16(18)8-10-7-14-12-6-5-9-3-1-2-4-11(9)13(12)15-10/h1-7H,8H2. The highest BCUT2D eigenvalue weighted by Gasteiger charge is 2.07. The Labute approximate surface area is 102 Å². The molecule has 0 spiro atoms. The Bertz CT molecular complexity index is 755. The average Bonchev–Trinajstić information content (AvgIpc) is 2.38. The summed E-state index contributed by atoms with van der Waals surface area (Å²) in [5.41, 5.74) is 1.84. The smallest absolute Gasteiger partial charge is 0.247 e. The van der Waals surface area contributed by atoms with Gasteiger partial charge in [0, 0.05) is 10.3 Å². The second-order valence-corrected chi connectivity index (χ2v) is 4.01. The van der Waals surface area contributed by atoms with Crippen LogP contribution < -0.4 is 0 Å². The topological polar surface area (TPSA) is 68.9 Å². The lowest BCUT2D eigenvalue weighted by molar-refractivity contribution is -0.497. The molecule has 0 aliphatic heterocycles. The fraction of sp³-hybridized carbons (Fsp3) is 0.0769. The molecule has 3 aromatic rings. The maximum atomic E-state index is 10.5. The van der Waals surface area contributed by atoms with Crippen LogP contribution in [-0.4, -0.2) is 14.9 Å². The fourth-order valence-electron chi connectivity index (χ4n) is 1.99. The average molecular weight is 239 g/mol. The molecule has 0 atom stereocenters. The van der Waals surface area contributed by atoms with E-state index < -0.39 is 4.92 Å². The van der Waals surface area contributed by atoms with Gasteiger partial charge in [0.2, 0.25) is 6.54 Å². The summed E-state index contributed by atoms with van der Waals surface area (Å²) < 4.78 is 0. The molecule has 88 valence electrons. The van der Waals surface area contributed by atoms with E-state index in [0.29, 0.717) is 11.2 Å². The molecule has 0 aliphatic carbocycles. The van der Waals surface area contributed by atoms with Crippen LogP contribution in [-0.2, 0) is 6.54 Å². The van der Waals surface area contributed by atoms with Crippen molar-refractivity contribution in [1.82, 2.24) is 9.97 Å². The van der Waals surface area contributed by atoms with Gasteiger partial charge in [-0.15, -0.1) is 0 Å². The third-order valence-corrected chi connectivity index (χ3v) is 2.78. The molecule has 0 unspecified atom stereocenters. The zero-order chi connectivity index (χ0) is 12.5. The summed E-state index contributed by atoms with van der Waals surface area (Å²) in [5.74, 6) is 0. The zero-order valence-electron chi connectivity index (χ0n) is 9.41. The molecule has 0 amide bonds. The molecule has 0 fully saturated rings. The van der Waals surface area contributed by atoms with E-state index in [4.69, 9.17) is 0 Å². The van der Waals surface area contributed by atoms with E-state index in [-0.39, 0.29) is 6.54 Å². The van der Waals surface area contributed by atoms with Crippen LogP contribution in [0.5, 0.6) is 0 Å². The summed E-state index contributed by atoms with van der Waals surface area (Å²) in [4.78, 5) is 18.7.